The number of rotatable bonds is 3. The lowest BCUT2D eigenvalue weighted by molar-refractivity contribution is 0.0664. The van der Waals surface area contributed by atoms with Gasteiger partial charge < -0.3 is 9.42 Å². The predicted octanol–water partition coefficient (Wildman–Crippen LogP) is 3.53. The molecule has 0 aromatic carbocycles. The predicted molar refractivity (Wildman–Crippen MR) is 94.3 cm³/mol. The molecule has 3 rings (SSSR count). The fourth-order valence-electron chi connectivity index (χ4n) is 3.18. The smallest absolute Gasteiger partial charge is 0.273 e. The Hall–Kier alpha value is -2.75. The lowest BCUT2D eigenvalue weighted by atomic mass is 10.1. The summed E-state index contributed by atoms with van der Waals surface area (Å²) < 4.78 is 5.35. The second-order valence-electron chi connectivity index (χ2n) is 6.95. The first-order valence-corrected chi connectivity index (χ1v) is 9.03. The van der Waals surface area contributed by atoms with Crippen molar-refractivity contribution < 1.29 is 9.32 Å². The van der Waals surface area contributed by atoms with Crippen LogP contribution in [-0.4, -0.2) is 32.5 Å². The van der Waals surface area contributed by atoms with Gasteiger partial charge in [0.15, 0.2) is 5.82 Å². The van der Waals surface area contributed by atoms with Crippen molar-refractivity contribution in [3.8, 4) is 6.07 Å². The maximum absolute atomic E-state index is 13.1. The number of aryl methyl sites for hydroxylation is 1. The third kappa shape index (κ3) is 3.59. The molecule has 7 heteroatoms. The molecule has 136 valence electrons. The van der Waals surface area contributed by atoms with Crippen LogP contribution in [0.1, 0.15) is 85.0 Å². The van der Waals surface area contributed by atoms with Gasteiger partial charge in [0.1, 0.15) is 11.8 Å². The Morgan fingerprint density at radius 3 is 2.77 bits per heavy atom. The summed E-state index contributed by atoms with van der Waals surface area (Å²) in [5.41, 5.74) is 1.39. The number of amides is 1. The van der Waals surface area contributed by atoms with Crippen molar-refractivity contribution in [3.63, 3.8) is 0 Å². The Balaban J connectivity index is 1.92. The van der Waals surface area contributed by atoms with E-state index in [9.17, 15) is 4.79 Å². The summed E-state index contributed by atoms with van der Waals surface area (Å²) in [6.45, 7) is 6.37. The van der Waals surface area contributed by atoms with Crippen molar-refractivity contribution in [2.75, 3.05) is 6.54 Å². The van der Waals surface area contributed by atoms with Crippen molar-refractivity contribution >= 4 is 5.91 Å². The number of nitriles is 1. The molecule has 0 spiro atoms. The molecule has 0 saturated carbocycles. The Kier molecular flexibility index (Phi) is 5.31. The molecule has 1 amide bonds. The number of aromatic nitrogens is 3. The summed E-state index contributed by atoms with van der Waals surface area (Å²) in [5.74, 6) is 1.15. The van der Waals surface area contributed by atoms with Gasteiger partial charge in [-0.05, 0) is 31.9 Å². The van der Waals surface area contributed by atoms with E-state index in [1.165, 1.54) is 0 Å². The monoisotopic (exact) mass is 353 g/mol. The maximum atomic E-state index is 13.1. The maximum Gasteiger partial charge on any atom is 0.273 e. The van der Waals surface area contributed by atoms with Crippen molar-refractivity contribution in [2.24, 2.45) is 0 Å². The largest absolute Gasteiger partial charge is 0.339 e. The normalized spacial score (nSPS) is 17.8. The molecular weight excluding hydrogens is 330 g/mol. The molecule has 0 N–H and O–H groups in total. The molecule has 2 aromatic rings. The zero-order valence-corrected chi connectivity index (χ0v) is 15.4. The van der Waals surface area contributed by atoms with Crippen LogP contribution in [0.5, 0.6) is 0 Å². The second-order valence-corrected chi connectivity index (χ2v) is 6.95. The fourth-order valence-corrected chi connectivity index (χ4v) is 3.18. The SMILES string of the molecule is Cc1nc(C(=O)N2CCCCC[C@H]2c2noc(C(C)C)n2)ccc1C#N. The minimum atomic E-state index is -0.209. The summed E-state index contributed by atoms with van der Waals surface area (Å²) in [4.78, 5) is 23.8. The van der Waals surface area contributed by atoms with Gasteiger partial charge in [0.25, 0.3) is 5.91 Å². The highest BCUT2D eigenvalue weighted by molar-refractivity contribution is 5.92. The lowest BCUT2D eigenvalue weighted by Gasteiger charge is -2.27. The topological polar surface area (TPSA) is 95.9 Å². The van der Waals surface area contributed by atoms with Crippen molar-refractivity contribution in [3.05, 3.63) is 40.8 Å². The molecule has 0 bridgehead atoms. The summed E-state index contributed by atoms with van der Waals surface area (Å²) >= 11 is 0. The number of hydrogen-bond acceptors (Lipinski definition) is 6. The molecule has 1 saturated heterocycles. The van der Waals surface area contributed by atoms with Crippen molar-refractivity contribution in [1.82, 2.24) is 20.0 Å². The van der Waals surface area contributed by atoms with E-state index in [0.29, 0.717) is 35.2 Å². The number of pyridine rings is 1. The van der Waals surface area contributed by atoms with Gasteiger partial charge in [-0.15, -0.1) is 0 Å². The highest BCUT2D eigenvalue weighted by Crippen LogP contribution is 2.30. The van der Waals surface area contributed by atoms with Crippen LogP contribution >= 0.6 is 0 Å². The molecule has 3 heterocycles. The van der Waals surface area contributed by atoms with E-state index in [2.05, 4.69) is 21.2 Å². The quantitative estimate of drug-likeness (QED) is 0.837. The summed E-state index contributed by atoms with van der Waals surface area (Å²) in [5, 5.41) is 13.2. The molecule has 26 heavy (non-hydrogen) atoms. The van der Waals surface area contributed by atoms with Gasteiger partial charge in [0, 0.05) is 12.5 Å². The molecule has 7 nitrogen and oxygen atoms in total. The van der Waals surface area contributed by atoms with Crippen LogP contribution in [-0.2, 0) is 0 Å². The van der Waals surface area contributed by atoms with Crippen LogP contribution < -0.4 is 0 Å². The number of carbonyl (C=O) groups is 1. The standard InChI is InChI=1S/C19H23N5O2/c1-12(2)18-22-17(23-26-18)16-7-5-4-6-10-24(16)19(25)15-9-8-14(11-20)13(3)21-15/h8-9,12,16H,4-7,10H2,1-3H3/t16-/m0/s1. The van der Waals surface area contributed by atoms with E-state index in [4.69, 9.17) is 9.78 Å². The van der Waals surface area contributed by atoms with Gasteiger partial charge in [-0.1, -0.05) is 31.8 Å². The van der Waals surface area contributed by atoms with Crippen LogP contribution in [0.25, 0.3) is 0 Å². The number of nitrogens with zero attached hydrogens (tertiary/aromatic N) is 5. The Bertz CT molecular complexity index is 837. The first-order chi connectivity index (χ1) is 12.5. The first kappa shape index (κ1) is 18.1. The third-order valence-electron chi connectivity index (χ3n) is 4.69. The fraction of sp³-hybridized carbons (Fsp3) is 0.526. The molecule has 1 aliphatic rings. The van der Waals surface area contributed by atoms with Gasteiger partial charge in [0.05, 0.1) is 17.3 Å². The van der Waals surface area contributed by atoms with Crippen LogP contribution in [0, 0.1) is 18.3 Å². The van der Waals surface area contributed by atoms with E-state index in [-0.39, 0.29) is 17.9 Å². The number of carbonyl (C=O) groups excluding carboxylic acids is 1. The third-order valence-corrected chi connectivity index (χ3v) is 4.69. The highest BCUT2D eigenvalue weighted by atomic mass is 16.5. The minimum Gasteiger partial charge on any atom is -0.339 e. The zero-order valence-electron chi connectivity index (χ0n) is 15.4. The molecule has 0 aliphatic carbocycles. The molecule has 1 aliphatic heterocycles. The van der Waals surface area contributed by atoms with Crippen molar-refractivity contribution in [2.45, 2.75) is 58.4 Å². The van der Waals surface area contributed by atoms with Crippen LogP contribution in [0.4, 0.5) is 0 Å². The van der Waals surface area contributed by atoms with Gasteiger partial charge in [-0.3, -0.25) is 4.79 Å². The Morgan fingerprint density at radius 2 is 2.12 bits per heavy atom. The number of likely N-dealkylation sites (tertiary alicyclic amines) is 1. The second kappa shape index (κ2) is 7.65. The molecule has 1 atom stereocenters. The van der Waals surface area contributed by atoms with Crippen LogP contribution in [0.3, 0.4) is 0 Å². The Morgan fingerprint density at radius 1 is 1.31 bits per heavy atom. The van der Waals surface area contributed by atoms with Crippen molar-refractivity contribution in [1.29, 1.82) is 5.26 Å². The first-order valence-electron chi connectivity index (χ1n) is 9.03. The van der Waals surface area contributed by atoms with Gasteiger partial charge >= 0.3 is 0 Å². The minimum absolute atomic E-state index is 0.147. The van der Waals surface area contributed by atoms with Gasteiger partial charge in [-0.25, -0.2) is 4.98 Å². The molecule has 0 radical (unpaired) electrons. The average Bonchev–Trinajstić information content (AvgIpc) is 3.00. The van der Waals surface area contributed by atoms with Crippen LogP contribution in [0.15, 0.2) is 16.7 Å². The van der Waals surface area contributed by atoms with Crippen LogP contribution in [0.2, 0.25) is 0 Å². The average molecular weight is 353 g/mol. The highest BCUT2D eigenvalue weighted by Gasteiger charge is 2.32. The Labute approximate surface area is 153 Å². The molecular formula is C19H23N5O2. The van der Waals surface area contributed by atoms with E-state index in [0.717, 1.165) is 25.7 Å². The summed E-state index contributed by atoms with van der Waals surface area (Å²) in [7, 11) is 0. The van der Waals surface area contributed by atoms with E-state index in [1.54, 1.807) is 24.0 Å². The van der Waals surface area contributed by atoms with Gasteiger partial charge in [-0.2, -0.15) is 10.2 Å². The van der Waals surface area contributed by atoms with E-state index < -0.39 is 0 Å². The molecule has 1 fully saturated rings. The zero-order chi connectivity index (χ0) is 18.7. The molecule has 0 unspecified atom stereocenters. The summed E-state index contributed by atoms with van der Waals surface area (Å²) in [6, 6.07) is 5.13. The van der Waals surface area contributed by atoms with E-state index >= 15 is 0 Å². The van der Waals surface area contributed by atoms with E-state index in [1.807, 2.05) is 13.8 Å². The molecule has 2 aromatic heterocycles. The van der Waals surface area contributed by atoms with Gasteiger partial charge in [0.2, 0.25) is 5.89 Å². The lowest BCUT2D eigenvalue weighted by Crippen LogP contribution is -2.36. The summed E-state index contributed by atoms with van der Waals surface area (Å²) in [6.07, 6.45) is 3.82. The number of hydrogen-bond donors (Lipinski definition) is 0.